The van der Waals surface area contributed by atoms with Crippen molar-refractivity contribution in [1.29, 1.82) is 0 Å². The van der Waals surface area contributed by atoms with E-state index in [2.05, 4.69) is 48.3 Å². The van der Waals surface area contributed by atoms with Gasteiger partial charge in [-0.05, 0) is 61.8 Å². The molecule has 0 bridgehead atoms. The molecule has 0 aliphatic carbocycles. The highest BCUT2D eigenvalue weighted by molar-refractivity contribution is 7.17. The summed E-state index contributed by atoms with van der Waals surface area (Å²) in [6.07, 6.45) is 6.32. The molecule has 1 aromatic carbocycles. The Morgan fingerprint density at radius 1 is 1.18 bits per heavy atom. The Bertz CT molecular complexity index is 1010. The standard InChI is InChI=1S/C26H32ClN3O2S/c1-26(2,18-29-13-3-4-14-29)20-5-7-21(8-6-20)30-17-19(15-25(30)32)16-28-24(31)12-10-22-9-11-23(27)33-22/h5-12,19H,3-4,13-18H2,1-2H3,(H,28,31). The third-order valence-corrected chi connectivity index (χ3v) is 7.74. The molecular formula is C26H32ClN3O2S. The number of carbonyl (C=O) groups is 2. The van der Waals surface area contributed by atoms with Crippen molar-refractivity contribution < 1.29 is 9.59 Å². The van der Waals surface area contributed by atoms with Crippen molar-refractivity contribution in [3.8, 4) is 0 Å². The van der Waals surface area contributed by atoms with Crippen LogP contribution in [0.2, 0.25) is 4.34 Å². The zero-order chi connectivity index (χ0) is 23.4. The second-order valence-electron chi connectivity index (χ2n) is 9.71. The second-order valence-corrected chi connectivity index (χ2v) is 11.5. The van der Waals surface area contributed by atoms with Gasteiger partial charge in [0.25, 0.3) is 0 Å². The first-order chi connectivity index (χ1) is 15.8. The Hall–Kier alpha value is -2.15. The molecule has 2 aliphatic rings. The number of nitrogens with zero attached hydrogens (tertiary/aromatic N) is 2. The van der Waals surface area contributed by atoms with E-state index in [0.717, 1.165) is 17.1 Å². The second kappa shape index (κ2) is 10.4. The molecule has 0 radical (unpaired) electrons. The minimum Gasteiger partial charge on any atom is -0.352 e. The van der Waals surface area contributed by atoms with Crippen molar-refractivity contribution in [3.63, 3.8) is 0 Å². The number of benzene rings is 1. The van der Waals surface area contributed by atoms with Gasteiger partial charge in [-0.2, -0.15) is 0 Å². The predicted molar refractivity (Wildman–Crippen MR) is 137 cm³/mol. The highest BCUT2D eigenvalue weighted by Gasteiger charge is 2.31. The van der Waals surface area contributed by atoms with Gasteiger partial charge in [0.15, 0.2) is 0 Å². The maximum atomic E-state index is 12.6. The molecule has 33 heavy (non-hydrogen) atoms. The molecule has 7 heteroatoms. The zero-order valence-corrected chi connectivity index (χ0v) is 20.9. The smallest absolute Gasteiger partial charge is 0.244 e. The van der Waals surface area contributed by atoms with Crippen LogP contribution < -0.4 is 10.2 Å². The van der Waals surface area contributed by atoms with E-state index in [1.165, 1.54) is 48.9 Å². The number of halogens is 1. The predicted octanol–water partition coefficient (Wildman–Crippen LogP) is 4.96. The summed E-state index contributed by atoms with van der Waals surface area (Å²) in [5.74, 6) is 0.0643. The van der Waals surface area contributed by atoms with Crippen LogP contribution in [0.15, 0.2) is 42.5 Å². The lowest BCUT2D eigenvalue weighted by Gasteiger charge is -2.31. The Balaban J connectivity index is 1.29. The number of carbonyl (C=O) groups excluding carboxylic acids is 2. The van der Waals surface area contributed by atoms with Gasteiger partial charge in [0, 0.05) is 54.0 Å². The lowest BCUT2D eigenvalue weighted by molar-refractivity contribution is -0.118. The van der Waals surface area contributed by atoms with Gasteiger partial charge in [-0.25, -0.2) is 0 Å². The Morgan fingerprint density at radius 2 is 1.91 bits per heavy atom. The number of rotatable bonds is 8. The molecule has 3 heterocycles. The van der Waals surface area contributed by atoms with Gasteiger partial charge in [0.1, 0.15) is 0 Å². The minimum atomic E-state index is -0.157. The topological polar surface area (TPSA) is 52.6 Å². The molecule has 2 amide bonds. The molecule has 1 aromatic heterocycles. The van der Waals surface area contributed by atoms with Crippen molar-refractivity contribution in [1.82, 2.24) is 10.2 Å². The average Bonchev–Trinajstić information content (AvgIpc) is 3.52. The lowest BCUT2D eigenvalue weighted by atomic mass is 9.84. The van der Waals surface area contributed by atoms with Crippen LogP contribution >= 0.6 is 22.9 Å². The van der Waals surface area contributed by atoms with Crippen LogP contribution in [0.4, 0.5) is 5.69 Å². The molecule has 0 saturated carbocycles. The van der Waals surface area contributed by atoms with Crippen molar-refractivity contribution in [2.45, 2.75) is 38.5 Å². The number of anilines is 1. The van der Waals surface area contributed by atoms with Crippen molar-refractivity contribution in [3.05, 3.63) is 57.3 Å². The normalized spacial score (nSPS) is 19.7. The van der Waals surface area contributed by atoms with Crippen LogP contribution in [0.25, 0.3) is 6.08 Å². The molecule has 2 aromatic rings. The van der Waals surface area contributed by atoms with Crippen LogP contribution in [-0.4, -0.2) is 49.4 Å². The Labute approximate surface area is 205 Å². The van der Waals surface area contributed by atoms with Crippen LogP contribution in [-0.2, 0) is 15.0 Å². The van der Waals surface area contributed by atoms with E-state index in [9.17, 15) is 9.59 Å². The largest absolute Gasteiger partial charge is 0.352 e. The number of hydrogen-bond acceptors (Lipinski definition) is 4. The van der Waals surface area contributed by atoms with E-state index in [-0.39, 0.29) is 23.1 Å². The van der Waals surface area contributed by atoms with Gasteiger partial charge >= 0.3 is 0 Å². The van der Waals surface area contributed by atoms with Crippen molar-refractivity contribution >= 4 is 46.5 Å². The Morgan fingerprint density at radius 3 is 2.58 bits per heavy atom. The molecule has 1 atom stereocenters. The zero-order valence-electron chi connectivity index (χ0n) is 19.4. The van der Waals surface area contributed by atoms with Crippen LogP contribution in [0, 0.1) is 5.92 Å². The molecule has 2 fully saturated rings. The summed E-state index contributed by atoms with van der Waals surface area (Å²) in [5, 5.41) is 2.92. The van der Waals surface area contributed by atoms with Crippen molar-refractivity contribution in [2.24, 2.45) is 5.92 Å². The fourth-order valence-corrected chi connectivity index (χ4v) is 5.69. The fraction of sp³-hybridized carbons (Fsp3) is 0.462. The van der Waals surface area contributed by atoms with Crippen LogP contribution in [0.5, 0.6) is 0 Å². The van der Waals surface area contributed by atoms with Crippen LogP contribution in [0.3, 0.4) is 0 Å². The van der Waals surface area contributed by atoms with Gasteiger partial charge in [-0.1, -0.05) is 37.6 Å². The maximum Gasteiger partial charge on any atom is 0.244 e. The summed E-state index contributed by atoms with van der Waals surface area (Å²) in [5.41, 5.74) is 2.31. The summed E-state index contributed by atoms with van der Waals surface area (Å²) in [4.78, 5) is 30.1. The van der Waals surface area contributed by atoms with Gasteiger partial charge in [-0.3, -0.25) is 9.59 Å². The molecule has 2 aliphatic heterocycles. The van der Waals surface area contributed by atoms with Gasteiger partial charge in [0.05, 0.1) is 4.34 Å². The average molecular weight is 486 g/mol. The fourth-order valence-electron chi connectivity index (χ4n) is 4.73. The molecule has 5 nitrogen and oxygen atoms in total. The summed E-state index contributed by atoms with van der Waals surface area (Å²) < 4.78 is 0.697. The number of likely N-dealkylation sites (tertiary alicyclic amines) is 1. The summed E-state index contributed by atoms with van der Waals surface area (Å²) in [6, 6.07) is 12.1. The van der Waals surface area contributed by atoms with Gasteiger partial charge < -0.3 is 15.1 Å². The third kappa shape index (κ3) is 6.25. The lowest BCUT2D eigenvalue weighted by Crippen LogP contribution is -2.35. The monoisotopic (exact) mass is 485 g/mol. The van der Waals surface area contributed by atoms with E-state index >= 15 is 0 Å². The van der Waals surface area contributed by atoms with E-state index in [4.69, 9.17) is 11.6 Å². The van der Waals surface area contributed by atoms with E-state index < -0.39 is 0 Å². The first kappa shape index (κ1) is 24.0. The maximum absolute atomic E-state index is 12.6. The SMILES string of the molecule is CC(C)(CN1CCCC1)c1ccc(N2CC(CNC(=O)C=Cc3ccc(Cl)s3)CC2=O)cc1. The van der Waals surface area contributed by atoms with E-state index in [1.54, 1.807) is 6.08 Å². The number of amides is 2. The summed E-state index contributed by atoms with van der Waals surface area (Å²) in [6.45, 7) is 9.14. The molecule has 1 unspecified atom stereocenters. The summed E-state index contributed by atoms with van der Waals surface area (Å²) >= 11 is 7.34. The number of thiophene rings is 1. The number of hydrogen-bond donors (Lipinski definition) is 1. The Kier molecular flexibility index (Phi) is 7.57. The molecule has 4 rings (SSSR count). The first-order valence-corrected chi connectivity index (χ1v) is 12.8. The number of nitrogens with one attached hydrogen (secondary N) is 1. The van der Waals surface area contributed by atoms with Gasteiger partial charge in [0.2, 0.25) is 11.8 Å². The summed E-state index contributed by atoms with van der Waals surface area (Å²) in [7, 11) is 0. The third-order valence-electron chi connectivity index (χ3n) is 6.54. The first-order valence-electron chi connectivity index (χ1n) is 11.6. The molecule has 0 spiro atoms. The van der Waals surface area contributed by atoms with Gasteiger partial charge in [-0.15, -0.1) is 11.3 Å². The molecule has 2 saturated heterocycles. The highest BCUT2D eigenvalue weighted by Crippen LogP contribution is 2.30. The quantitative estimate of drug-likeness (QED) is 0.538. The highest BCUT2D eigenvalue weighted by atomic mass is 35.5. The molecule has 1 N–H and O–H groups in total. The molecule has 176 valence electrons. The molecular weight excluding hydrogens is 454 g/mol. The van der Waals surface area contributed by atoms with E-state index in [1.807, 2.05) is 17.0 Å². The van der Waals surface area contributed by atoms with Crippen molar-refractivity contribution in [2.75, 3.05) is 37.6 Å². The van der Waals surface area contributed by atoms with E-state index in [0.29, 0.717) is 23.8 Å². The minimum absolute atomic E-state index is 0.0761. The van der Waals surface area contributed by atoms with Crippen LogP contribution in [0.1, 0.15) is 43.6 Å².